The molecule has 0 atom stereocenters. The van der Waals surface area contributed by atoms with Gasteiger partial charge in [0.25, 0.3) is 0 Å². The number of rotatable bonds is 6. The quantitative estimate of drug-likeness (QED) is 0.790. The number of hydrogen-bond donors (Lipinski definition) is 0. The third-order valence-corrected chi connectivity index (χ3v) is 6.18. The van der Waals surface area contributed by atoms with Crippen molar-refractivity contribution in [1.82, 2.24) is 4.31 Å². The Morgan fingerprint density at radius 1 is 1.37 bits per heavy atom. The van der Waals surface area contributed by atoms with Crippen molar-refractivity contribution in [3.05, 3.63) is 28.2 Å². The minimum atomic E-state index is -3.38. The largest absolute Gasteiger partial charge is 0.244 e. The van der Waals surface area contributed by atoms with Crippen LogP contribution in [0.4, 0.5) is 0 Å². The Labute approximate surface area is 124 Å². The van der Waals surface area contributed by atoms with Gasteiger partial charge in [0.15, 0.2) is 0 Å². The van der Waals surface area contributed by atoms with E-state index in [-0.39, 0.29) is 0 Å². The fourth-order valence-electron chi connectivity index (χ4n) is 2.10. The molecule has 0 unspecified atom stereocenters. The Morgan fingerprint density at radius 2 is 2.05 bits per heavy atom. The van der Waals surface area contributed by atoms with Crippen LogP contribution in [0.2, 0.25) is 0 Å². The predicted molar refractivity (Wildman–Crippen MR) is 80.7 cm³/mol. The molecule has 2 rings (SSSR count). The maximum atomic E-state index is 12.7. The molecule has 0 aromatic heterocycles. The van der Waals surface area contributed by atoms with Crippen LogP contribution in [0.25, 0.3) is 0 Å². The molecule has 1 aliphatic carbocycles. The van der Waals surface area contributed by atoms with Crippen molar-refractivity contribution in [3.63, 3.8) is 0 Å². The highest BCUT2D eigenvalue weighted by molar-refractivity contribution is 9.10. The van der Waals surface area contributed by atoms with Crippen molar-refractivity contribution in [2.75, 3.05) is 13.1 Å². The highest BCUT2D eigenvalue weighted by Gasteiger charge is 2.32. The molecular formula is C14H20BrNO2S. The second-order valence-electron chi connectivity index (χ2n) is 5.24. The highest BCUT2D eigenvalue weighted by Crippen LogP contribution is 2.33. The summed E-state index contributed by atoms with van der Waals surface area (Å²) in [4.78, 5) is 0.382. The summed E-state index contributed by atoms with van der Waals surface area (Å²) in [5.41, 5.74) is 1.05. The zero-order chi connectivity index (χ0) is 14.0. The minimum Gasteiger partial charge on any atom is -0.207 e. The number of sulfonamides is 1. The molecule has 1 aromatic carbocycles. The van der Waals surface area contributed by atoms with Crippen molar-refractivity contribution >= 4 is 26.0 Å². The summed E-state index contributed by atoms with van der Waals surface area (Å²) in [6.07, 6.45) is 3.16. The fraction of sp³-hybridized carbons (Fsp3) is 0.571. The number of nitrogens with zero attached hydrogens (tertiary/aromatic N) is 1. The van der Waals surface area contributed by atoms with Gasteiger partial charge in [-0.2, -0.15) is 4.31 Å². The number of benzene rings is 1. The monoisotopic (exact) mass is 345 g/mol. The Hall–Kier alpha value is -0.390. The van der Waals surface area contributed by atoms with Crippen LogP contribution in [0.3, 0.4) is 0 Å². The van der Waals surface area contributed by atoms with E-state index in [0.29, 0.717) is 28.4 Å². The van der Waals surface area contributed by atoms with E-state index in [1.807, 2.05) is 26.0 Å². The van der Waals surface area contributed by atoms with E-state index in [1.54, 1.807) is 10.4 Å². The first kappa shape index (κ1) is 15.0. The Morgan fingerprint density at radius 3 is 2.58 bits per heavy atom. The summed E-state index contributed by atoms with van der Waals surface area (Å²) >= 11 is 3.38. The normalized spacial score (nSPS) is 16.0. The van der Waals surface area contributed by atoms with Crippen molar-refractivity contribution in [1.29, 1.82) is 0 Å². The Bertz CT molecular complexity index is 553. The van der Waals surface area contributed by atoms with Gasteiger partial charge in [-0.25, -0.2) is 8.42 Å². The van der Waals surface area contributed by atoms with Crippen LogP contribution in [-0.4, -0.2) is 25.8 Å². The highest BCUT2D eigenvalue weighted by atomic mass is 79.9. The molecule has 0 saturated heterocycles. The molecule has 1 aliphatic rings. The first-order valence-corrected chi connectivity index (χ1v) is 8.94. The van der Waals surface area contributed by atoms with Crippen molar-refractivity contribution in [2.45, 2.75) is 38.0 Å². The van der Waals surface area contributed by atoms with Crippen molar-refractivity contribution < 1.29 is 8.42 Å². The first-order valence-electron chi connectivity index (χ1n) is 6.71. The summed E-state index contributed by atoms with van der Waals surface area (Å²) in [5, 5.41) is 0. The van der Waals surface area contributed by atoms with E-state index in [1.165, 1.54) is 0 Å². The lowest BCUT2D eigenvalue weighted by molar-refractivity contribution is 0.395. The SMILES string of the molecule is CCCN(CC1CC1)S(=O)(=O)c1ccc(C)cc1Br. The summed E-state index contributed by atoms with van der Waals surface area (Å²) in [6.45, 7) is 5.23. The van der Waals surface area contributed by atoms with E-state index in [9.17, 15) is 8.42 Å². The third kappa shape index (κ3) is 3.58. The van der Waals surface area contributed by atoms with E-state index in [4.69, 9.17) is 0 Å². The van der Waals surface area contributed by atoms with Gasteiger partial charge in [0.1, 0.15) is 0 Å². The zero-order valence-corrected chi connectivity index (χ0v) is 13.8. The van der Waals surface area contributed by atoms with Crippen LogP contribution in [0.15, 0.2) is 27.6 Å². The molecule has 106 valence electrons. The van der Waals surface area contributed by atoms with Gasteiger partial charge in [-0.3, -0.25) is 0 Å². The average Bonchev–Trinajstić information content (AvgIpc) is 3.11. The van der Waals surface area contributed by atoms with Crippen LogP contribution >= 0.6 is 15.9 Å². The molecule has 1 saturated carbocycles. The van der Waals surface area contributed by atoms with Crippen LogP contribution in [-0.2, 0) is 10.0 Å². The van der Waals surface area contributed by atoms with Crippen molar-refractivity contribution in [2.24, 2.45) is 5.92 Å². The zero-order valence-electron chi connectivity index (χ0n) is 11.4. The van der Waals surface area contributed by atoms with Crippen LogP contribution in [0, 0.1) is 12.8 Å². The number of halogens is 1. The molecule has 0 N–H and O–H groups in total. The van der Waals surface area contributed by atoms with E-state index < -0.39 is 10.0 Å². The second kappa shape index (κ2) is 5.94. The number of hydrogen-bond acceptors (Lipinski definition) is 2. The lowest BCUT2D eigenvalue weighted by Gasteiger charge is -2.22. The number of aryl methyl sites for hydroxylation is 1. The molecular weight excluding hydrogens is 326 g/mol. The molecule has 0 spiro atoms. The van der Waals surface area contributed by atoms with Gasteiger partial charge in [0, 0.05) is 17.6 Å². The lowest BCUT2D eigenvalue weighted by atomic mass is 10.2. The second-order valence-corrected chi connectivity index (χ2v) is 8.00. The van der Waals surface area contributed by atoms with Gasteiger partial charge < -0.3 is 0 Å². The van der Waals surface area contributed by atoms with Crippen molar-refractivity contribution in [3.8, 4) is 0 Å². The third-order valence-electron chi connectivity index (χ3n) is 3.34. The predicted octanol–water partition coefficient (Wildman–Crippen LogP) is 3.57. The average molecular weight is 346 g/mol. The van der Waals surface area contributed by atoms with Gasteiger partial charge in [-0.15, -0.1) is 0 Å². The minimum absolute atomic E-state index is 0.382. The van der Waals surface area contributed by atoms with Gasteiger partial charge in [0.2, 0.25) is 10.0 Å². The first-order chi connectivity index (χ1) is 8.95. The smallest absolute Gasteiger partial charge is 0.207 e. The molecule has 0 heterocycles. The Kier molecular flexibility index (Phi) is 4.69. The summed E-state index contributed by atoms with van der Waals surface area (Å²) in [7, 11) is -3.38. The lowest BCUT2D eigenvalue weighted by Crippen LogP contribution is -2.33. The summed E-state index contributed by atoms with van der Waals surface area (Å²) in [5.74, 6) is 0.561. The molecule has 0 aliphatic heterocycles. The topological polar surface area (TPSA) is 37.4 Å². The van der Waals surface area contributed by atoms with Gasteiger partial charge in [-0.1, -0.05) is 13.0 Å². The summed E-state index contributed by atoms with van der Waals surface area (Å²) in [6, 6.07) is 5.40. The molecule has 19 heavy (non-hydrogen) atoms. The summed E-state index contributed by atoms with van der Waals surface area (Å²) < 4.78 is 27.7. The molecule has 3 nitrogen and oxygen atoms in total. The van der Waals surface area contributed by atoms with E-state index in [0.717, 1.165) is 24.8 Å². The van der Waals surface area contributed by atoms with Crippen LogP contribution in [0.1, 0.15) is 31.7 Å². The van der Waals surface area contributed by atoms with Gasteiger partial charge >= 0.3 is 0 Å². The fourth-order valence-corrected chi connectivity index (χ4v) is 4.86. The maximum absolute atomic E-state index is 12.7. The van der Waals surface area contributed by atoms with E-state index >= 15 is 0 Å². The molecule has 0 amide bonds. The Balaban J connectivity index is 2.31. The molecule has 0 radical (unpaired) electrons. The van der Waals surface area contributed by atoms with Gasteiger partial charge in [-0.05, 0) is 65.7 Å². The van der Waals surface area contributed by atoms with E-state index in [2.05, 4.69) is 15.9 Å². The van der Waals surface area contributed by atoms with Crippen LogP contribution < -0.4 is 0 Å². The van der Waals surface area contributed by atoms with Crippen LogP contribution in [0.5, 0.6) is 0 Å². The molecule has 5 heteroatoms. The molecule has 0 bridgehead atoms. The molecule has 1 aromatic rings. The maximum Gasteiger partial charge on any atom is 0.244 e. The molecule has 1 fully saturated rings. The van der Waals surface area contributed by atoms with Gasteiger partial charge in [0.05, 0.1) is 4.90 Å². The standard InChI is InChI=1S/C14H20BrNO2S/c1-3-8-16(10-12-5-6-12)19(17,18)14-7-4-11(2)9-13(14)15/h4,7,9,12H,3,5-6,8,10H2,1-2H3.